The summed E-state index contributed by atoms with van der Waals surface area (Å²) in [6.45, 7) is 3.88. The van der Waals surface area contributed by atoms with E-state index in [-0.39, 0.29) is 5.82 Å². The Morgan fingerprint density at radius 3 is 2.59 bits per heavy atom. The molecule has 0 saturated heterocycles. The molecule has 0 fully saturated rings. The fraction of sp³-hybridized carbons (Fsp3) is 0.571. The van der Waals surface area contributed by atoms with Crippen LogP contribution in [-0.2, 0) is 11.2 Å². The fourth-order valence-corrected chi connectivity index (χ4v) is 1.79. The van der Waals surface area contributed by atoms with Crippen LogP contribution in [0.3, 0.4) is 0 Å². The molecule has 1 unspecified atom stereocenters. The van der Waals surface area contributed by atoms with Crippen LogP contribution in [0.25, 0.3) is 0 Å². The van der Waals surface area contributed by atoms with Crippen molar-refractivity contribution in [2.45, 2.75) is 32.2 Å². The van der Waals surface area contributed by atoms with Gasteiger partial charge in [0, 0.05) is 13.2 Å². The van der Waals surface area contributed by atoms with Crippen molar-refractivity contribution in [1.82, 2.24) is 5.32 Å². The van der Waals surface area contributed by atoms with Gasteiger partial charge in [0.1, 0.15) is 5.82 Å². The van der Waals surface area contributed by atoms with E-state index in [2.05, 4.69) is 12.2 Å². The molecule has 1 rings (SSSR count). The van der Waals surface area contributed by atoms with E-state index in [0.717, 1.165) is 32.4 Å². The highest BCUT2D eigenvalue weighted by Crippen LogP contribution is 2.07. The Morgan fingerprint density at radius 2 is 2.00 bits per heavy atom. The van der Waals surface area contributed by atoms with Gasteiger partial charge in [0.15, 0.2) is 0 Å². The highest BCUT2D eigenvalue weighted by atomic mass is 19.1. The Labute approximate surface area is 103 Å². The third-order valence-corrected chi connectivity index (χ3v) is 2.75. The van der Waals surface area contributed by atoms with Gasteiger partial charge in [-0.3, -0.25) is 0 Å². The molecule has 0 saturated carbocycles. The van der Waals surface area contributed by atoms with Gasteiger partial charge in [-0.15, -0.1) is 0 Å². The Balaban J connectivity index is 2.37. The molecule has 0 aliphatic heterocycles. The van der Waals surface area contributed by atoms with E-state index in [9.17, 15) is 4.39 Å². The second-order valence-electron chi connectivity index (χ2n) is 4.27. The minimum atomic E-state index is -0.175. The summed E-state index contributed by atoms with van der Waals surface area (Å²) >= 11 is 0. The molecule has 0 heterocycles. The van der Waals surface area contributed by atoms with E-state index in [1.165, 1.54) is 17.7 Å². The molecular weight excluding hydrogens is 217 g/mol. The first-order chi connectivity index (χ1) is 8.26. The zero-order chi connectivity index (χ0) is 12.5. The van der Waals surface area contributed by atoms with Gasteiger partial charge in [-0.1, -0.05) is 19.1 Å². The van der Waals surface area contributed by atoms with Crippen molar-refractivity contribution < 1.29 is 9.13 Å². The molecule has 17 heavy (non-hydrogen) atoms. The molecule has 2 nitrogen and oxygen atoms in total. The van der Waals surface area contributed by atoms with Crippen molar-refractivity contribution in [2.75, 3.05) is 20.3 Å². The maximum atomic E-state index is 12.7. The van der Waals surface area contributed by atoms with Crippen LogP contribution in [0.1, 0.15) is 25.3 Å². The lowest BCUT2D eigenvalue weighted by Crippen LogP contribution is -2.34. The van der Waals surface area contributed by atoms with Crippen LogP contribution in [-0.4, -0.2) is 26.3 Å². The molecule has 0 aromatic heterocycles. The summed E-state index contributed by atoms with van der Waals surface area (Å²) in [5.41, 5.74) is 1.17. The highest BCUT2D eigenvalue weighted by Gasteiger charge is 2.07. The normalized spacial score (nSPS) is 12.6. The van der Waals surface area contributed by atoms with Crippen molar-refractivity contribution >= 4 is 0 Å². The third-order valence-electron chi connectivity index (χ3n) is 2.75. The minimum absolute atomic E-state index is 0.175. The van der Waals surface area contributed by atoms with Crippen LogP contribution in [0.2, 0.25) is 0 Å². The second-order valence-corrected chi connectivity index (χ2v) is 4.27. The zero-order valence-electron chi connectivity index (χ0n) is 10.7. The monoisotopic (exact) mass is 239 g/mol. The molecule has 1 aromatic carbocycles. The fourth-order valence-electron chi connectivity index (χ4n) is 1.79. The van der Waals surface area contributed by atoms with Gasteiger partial charge in [0.05, 0.1) is 6.61 Å². The average Bonchev–Trinajstić information content (AvgIpc) is 2.35. The van der Waals surface area contributed by atoms with Crippen LogP contribution < -0.4 is 5.32 Å². The number of nitrogens with one attached hydrogen (secondary N) is 1. The number of ether oxygens (including phenoxy) is 1. The smallest absolute Gasteiger partial charge is 0.123 e. The molecule has 0 bridgehead atoms. The Bertz CT molecular complexity index is 300. The molecule has 96 valence electrons. The van der Waals surface area contributed by atoms with Gasteiger partial charge < -0.3 is 10.1 Å². The van der Waals surface area contributed by atoms with Crippen molar-refractivity contribution in [3.05, 3.63) is 35.6 Å². The van der Waals surface area contributed by atoms with Gasteiger partial charge in [-0.2, -0.15) is 0 Å². The SMILES string of the molecule is CCCNC(CCc1ccc(F)cc1)COC. The van der Waals surface area contributed by atoms with E-state index in [0.29, 0.717) is 6.04 Å². The number of methoxy groups -OCH3 is 1. The van der Waals surface area contributed by atoms with Crippen LogP contribution >= 0.6 is 0 Å². The van der Waals surface area contributed by atoms with Gasteiger partial charge in [0.2, 0.25) is 0 Å². The van der Waals surface area contributed by atoms with E-state index < -0.39 is 0 Å². The predicted octanol–water partition coefficient (Wildman–Crippen LogP) is 2.77. The average molecular weight is 239 g/mol. The standard InChI is InChI=1S/C14H22FNO/c1-3-10-16-14(11-17-2)9-6-12-4-7-13(15)8-5-12/h4-5,7-8,14,16H,3,6,9-11H2,1-2H3. The summed E-state index contributed by atoms with van der Waals surface area (Å²) < 4.78 is 17.9. The van der Waals surface area contributed by atoms with E-state index >= 15 is 0 Å². The first-order valence-electron chi connectivity index (χ1n) is 6.23. The lowest BCUT2D eigenvalue weighted by Gasteiger charge is -2.17. The molecule has 3 heteroatoms. The van der Waals surface area contributed by atoms with Crippen LogP contribution in [0.5, 0.6) is 0 Å². The Kier molecular flexibility index (Phi) is 6.82. The summed E-state index contributed by atoms with van der Waals surface area (Å²) in [7, 11) is 1.72. The van der Waals surface area contributed by atoms with Gasteiger partial charge in [0.25, 0.3) is 0 Å². The van der Waals surface area contributed by atoms with Crippen LogP contribution in [0, 0.1) is 5.82 Å². The third kappa shape index (κ3) is 5.80. The summed E-state index contributed by atoms with van der Waals surface area (Å²) in [5, 5.41) is 3.45. The topological polar surface area (TPSA) is 21.3 Å². The number of halogens is 1. The largest absolute Gasteiger partial charge is 0.383 e. The molecule has 1 N–H and O–H groups in total. The summed E-state index contributed by atoms with van der Waals surface area (Å²) in [4.78, 5) is 0. The molecule has 0 amide bonds. The number of hydrogen-bond donors (Lipinski definition) is 1. The molecular formula is C14H22FNO. The quantitative estimate of drug-likeness (QED) is 0.753. The maximum absolute atomic E-state index is 12.7. The molecule has 1 aromatic rings. The lowest BCUT2D eigenvalue weighted by molar-refractivity contribution is 0.162. The Hall–Kier alpha value is -0.930. The number of aryl methyl sites for hydroxylation is 1. The van der Waals surface area contributed by atoms with E-state index in [1.807, 2.05) is 12.1 Å². The zero-order valence-corrected chi connectivity index (χ0v) is 10.7. The van der Waals surface area contributed by atoms with E-state index in [4.69, 9.17) is 4.74 Å². The predicted molar refractivity (Wildman–Crippen MR) is 68.7 cm³/mol. The maximum Gasteiger partial charge on any atom is 0.123 e. The van der Waals surface area contributed by atoms with Crippen molar-refractivity contribution in [3.63, 3.8) is 0 Å². The Morgan fingerprint density at radius 1 is 1.29 bits per heavy atom. The molecule has 0 spiro atoms. The number of benzene rings is 1. The second kappa shape index (κ2) is 8.20. The number of rotatable bonds is 8. The minimum Gasteiger partial charge on any atom is -0.383 e. The first kappa shape index (κ1) is 14.1. The summed E-state index contributed by atoms with van der Waals surface area (Å²) in [6, 6.07) is 7.10. The van der Waals surface area contributed by atoms with Crippen molar-refractivity contribution in [3.8, 4) is 0 Å². The lowest BCUT2D eigenvalue weighted by atomic mass is 10.1. The summed E-state index contributed by atoms with van der Waals surface area (Å²) in [6.07, 6.45) is 3.08. The number of hydrogen-bond acceptors (Lipinski definition) is 2. The molecule has 0 radical (unpaired) electrons. The van der Waals surface area contributed by atoms with Crippen LogP contribution in [0.15, 0.2) is 24.3 Å². The van der Waals surface area contributed by atoms with E-state index in [1.54, 1.807) is 7.11 Å². The molecule has 0 aliphatic rings. The molecule has 0 aliphatic carbocycles. The van der Waals surface area contributed by atoms with Crippen molar-refractivity contribution in [1.29, 1.82) is 0 Å². The van der Waals surface area contributed by atoms with Crippen LogP contribution in [0.4, 0.5) is 4.39 Å². The molecule has 1 atom stereocenters. The van der Waals surface area contributed by atoms with Gasteiger partial charge in [-0.25, -0.2) is 4.39 Å². The summed E-state index contributed by atoms with van der Waals surface area (Å²) in [5.74, 6) is -0.175. The van der Waals surface area contributed by atoms with Crippen molar-refractivity contribution in [2.24, 2.45) is 0 Å². The van der Waals surface area contributed by atoms with Gasteiger partial charge in [-0.05, 0) is 43.5 Å². The highest BCUT2D eigenvalue weighted by molar-refractivity contribution is 5.16. The van der Waals surface area contributed by atoms with Gasteiger partial charge >= 0.3 is 0 Å². The first-order valence-corrected chi connectivity index (χ1v) is 6.23.